The predicted molar refractivity (Wildman–Crippen MR) is 75.4 cm³/mol. The number of halogens is 1. The second kappa shape index (κ2) is 4.86. The van der Waals surface area contributed by atoms with Crippen LogP contribution < -0.4 is 4.90 Å². The number of anilines is 1. The molecule has 2 aromatic heterocycles. The molecule has 0 atom stereocenters. The number of hydrogen-bond donors (Lipinski definition) is 0. The standard InChI is InChI=1S/C13H14ClN3S/c1-17(8-10-3-2-6-18-10)12-7-11(14)15-13(16-12)9-4-5-9/h2-3,6-7,9H,4-5,8H2,1H3. The maximum absolute atomic E-state index is 6.07. The van der Waals surface area contributed by atoms with Crippen LogP contribution in [0.3, 0.4) is 0 Å². The van der Waals surface area contributed by atoms with Gasteiger partial charge in [-0.3, -0.25) is 0 Å². The summed E-state index contributed by atoms with van der Waals surface area (Å²) in [6.45, 7) is 0.856. The molecular formula is C13H14ClN3S. The van der Waals surface area contributed by atoms with Crippen molar-refractivity contribution >= 4 is 28.8 Å². The average molecular weight is 280 g/mol. The minimum Gasteiger partial charge on any atom is -0.354 e. The molecule has 3 rings (SSSR count). The fourth-order valence-electron chi connectivity index (χ4n) is 1.86. The molecule has 94 valence electrons. The van der Waals surface area contributed by atoms with Gasteiger partial charge in [-0.25, -0.2) is 9.97 Å². The lowest BCUT2D eigenvalue weighted by atomic mass is 10.3. The van der Waals surface area contributed by atoms with Gasteiger partial charge in [0.2, 0.25) is 0 Å². The van der Waals surface area contributed by atoms with Crippen LogP contribution in [0.5, 0.6) is 0 Å². The first-order chi connectivity index (χ1) is 8.72. The first-order valence-electron chi connectivity index (χ1n) is 6.00. The van der Waals surface area contributed by atoms with Crippen LogP contribution in [-0.2, 0) is 6.54 Å². The van der Waals surface area contributed by atoms with Gasteiger partial charge in [-0.15, -0.1) is 11.3 Å². The van der Waals surface area contributed by atoms with E-state index in [2.05, 4.69) is 32.4 Å². The van der Waals surface area contributed by atoms with Gasteiger partial charge in [-0.2, -0.15) is 0 Å². The molecule has 0 bridgehead atoms. The fraction of sp³-hybridized carbons (Fsp3) is 0.385. The van der Waals surface area contributed by atoms with E-state index in [1.807, 2.05) is 13.1 Å². The van der Waals surface area contributed by atoms with Gasteiger partial charge in [0.05, 0.1) is 6.54 Å². The van der Waals surface area contributed by atoms with Crippen molar-refractivity contribution in [3.05, 3.63) is 39.4 Å². The summed E-state index contributed by atoms with van der Waals surface area (Å²) in [7, 11) is 2.04. The Morgan fingerprint density at radius 3 is 2.94 bits per heavy atom. The van der Waals surface area contributed by atoms with E-state index in [1.54, 1.807) is 11.3 Å². The van der Waals surface area contributed by atoms with Gasteiger partial charge in [0.25, 0.3) is 0 Å². The molecule has 1 saturated carbocycles. The summed E-state index contributed by atoms with van der Waals surface area (Å²) in [5.74, 6) is 2.33. The zero-order valence-corrected chi connectivity index (χ0v) is 11.7. The Kier molecular flexibility index (Phi) is 3.22. The molecule has 0 unspecified atom stereocenters. The summed E-state index contributed by atoms with van der Waals surface area (Å²) in [5, 5.41) is 2.63. The van der Waals surface area contributed by atoms with Gasteiger partial charge in [0.15, 0.2) is 0 Å². The van der Waals surface area contributed by atoms with E-state index in [1.165, 1.54) is 17.7 Å². The molecule has 0 aromatic carbocycles. The molecule has 2 heterocycles. The fourth-order valence-corrected chi connectivity index (χ4v) is 2.80. The first-order valence-corrected chi connectivity index (χ1v) is 7.26. The maximum Gasteiger partial charge on any atom is 0.135 e. The largest absolute Gasteiger partial charge is 0.354 e. The van der Waals surface area contributed by atoms with Crippen LogP contribution in [0.25, 0.3) is 0 Å². The highest BCUT2D eigenvalue weighted by atomic mass is 35.5. The van der Waals surface area contributed by atoms with Crippen molar-refractivity contribution in [2.75, 3.05) is 11.9 Å². The Morgan fingerprint density at radius 1 is 1.44 bits per heavy atom. The van der Waals surface area contributed by atoms with Gasteiger partial charge in [-0.1, -0.05) is 17.7 Å². The van der Waals surface area contributed by atoms with Gasteiger partial charge in [-0.05, 0) is 24.3 Å². The Bertz CT molecular complexity index is 537. The first kappa shape index (κ1) is 11.9. The third-order valence-electron chi connectivity index (χ3n) is 3.01. The molecule has 0 N–H and O–H groups in total. The Labute approximate surface area is 115 Å². The third kappa shape index (κ3) is 2.65. The van der Waals surface area contributed by atoms with Gasteiger partial charge < -0.3 is 4.90 Å². The SMILES string of the molecule is CN(Cc1cccs1)c1cc(Cl)nc(C2CC2)n1. The van der Waals surface area contributed by atoms with Gasteiger partial charge in [0, 0.05) is 23.9 Å². The number of aromatic nitrogens is 2. The van der Waals surface area contributed by atoms with Crippen molar-refractivity contribution < 1.29 is 0 Å². The molecule has 1 aliphatic carbocycles. The number of nitrogens with zero attached hydrogens (tertiary/aromatic N) is 3. The van der Waals surface area contributed by atoms with Crippen LogP contribution in [0.2, 0.25) is 5.15 Å². The molecule has 0 spiro atoms. The Morgan fingerprint density at radius 2 is 2.28 bits per heavy atom. The monoisotopic (exact) mass is 279 g/mol. The minimum atomic E-state index is 0.526. The summed E-state index contributed by atoms with van der Waals surface area (Å²) in [4.78, 5) is 12.4. The highest BCUT2D eigenvalue weighted by molar-refractivity contribution is 7.09. The molecule has 18 heavy (non-hydrogen) atoms. The Balaban J connectivity index is 1.81. The van der Waals surface area contributed by atoms with E-state index in [-0.39, 0.29) is 0 Å². The van der Waals surface area contributed by atoms with Crippen LogP contribution in [0, 0.1) is 0 Å². The van der Waals surface area contributed by atoms with E-state index in [0.717, 1.165) is 18.2 Å². The molecule has 1 aliphatic rings. The van der Waals surface area contributed by atoms with Crippen LogP contribution in [0.4, 0.5) is 5.82 Å². The molecule has 0 aliphatic heterocycles. The normalized spacial score (nSPS) is 14.8. The number of hydrogen-bond acceptors (Lipinski definition) is 4. The third-order valence-corrected chi connectivity index (χ3v) is 4.06. The topological polar surface area (TPSA) is 29.0 Å². The molecule has 0 saturated heterocycles. The average Bonchev–Trinajstić information content (AvgIpc) is 3.08. The molecule has 2 aromatic rings. The van der Waals surface area contributed by atoms with Crippen molar-refractivity contribution in [1.29, 1.82) is 0 Å². The maximum atomic E-state index is 6.07. The summed E-state index contributed by atoms with van der Waals surface area (Å²) >= 11 is 7.83. The summed E-state index contributed by atoms with van der Waals surface area (Å²) in [6.07, 6.45) is 2.38. The minimum absolute atomic E-state index is 0.526. The number of rotatable bonds is 4. The van der Waals surface area contributed by atoms with Crippen LogP contribution in [0.1, 0.15) is 29.5 Å². The van der Waals surface area contributed by atoms with E-state index >= 15 is 0 Å². The lowest BCUT2D eigenvalue weighted by molar-refractivity contribution is 0.861. The van der Waals surface area contributed by atoms with Crippen LogP contribution in [0.15, 0.2) is 23.6 Å². The van der Waals surface area contributed by atoms with Crippen molar-refractivity contribution in [2.24, 2.45) is 0 Å². The van der Waals surface area contributed by atoms with Crippen LogP contribution >= 0.6 is 22.9 Å². The molecule has 0 amide bonds. The Hall–Kier alpha value is -1.13. The lowest BCUT2D eigenvalue weighted by Gasteiger charge is -2.18. The second-order valence-electron chi connectivity index (χ2n) is 4.62. The van der Waals surface area contributed by atoms with Crippen molar-refractivity contribution in [3.8, 4) is 0 Å². The van der Waals surface area contributed by atoms with Crippen LogP contribution in [-0.4, -0.2) is 17.0 Å². The van der Waals surface area contributed by atoms with Gasteiger partial charge in [0.1, 0.15) is 16.8 Å². The molecule has 0 radical (unpaired) electrons. The van der Waals surface area contributed by atoms with E-state index in [9.17, 15) is 0 Å². The van der Waals surface area contributed by atoms with Crippen molar-refractivity contribution in [3.63, 3.8) is 0 Å². The highest BCUT2D eigenvalue weighted by Crippen LogP contribution is 2.39. The predicted octanol–water partition coefficient (Wildman–Crippen LogP) is 3.71. The zero-order chi connectivity index (χ0) is 12.5. The summed E-state index contributed by atoms with van der Waals surface area (Å²) < 4.78 is 0. The van der Waals surface area contributed by atoms with Gasteiger partial charge >= 0.3 is 0 Å². The second-order valence-corrected chi connectivity index (χ2v) is 6.04. The number of thiophene rings is 1. The summed E-state index contributed by atoms with van der Waals surface area (Å²) in [6, 6.07) is 6.03. The molecular weight excluding hydrogens is 266 g/mol. The smallest absolute Gasteiger partial charge is 0.135 e. The highest BCUT2D eigenvalue weighted by Gasteiger charge is 2.27. The van der Waals surface area contributed by atoms with Crippen molar-refractivity contribution in [2.45, 2.75) is 25.3 Å². The summed E-state index contributed by atoms with van der Waals surface area (Å²) in [5.41, 5.74) is 0. The lowest BCUT2D eigenvalue weighted by Crippen LogP contribution is -2.17. The van der Waals surface area contributed by atoms with Crippen molar-refractivity contribution in [1.82, 2.24) is 9.97 Å². The van der Waals surface area contributed by atoms with E-state index < -0.39 is 0 Å². The van der Waals surface area contributed by atoms with E-state index in [0.29, 0.717) is 11.1 Å². The molecule has 5 heteroatoms. The zero-order valence-electron chi connectivity index (χ0n) is 10.1. The molecule has 1 fully saturated rings. The molecule has 3 nitrogen and oxygen atoms in total. The quantitative estimate of drug-likeness (QED) is 0.799. The van der Waals surface area contributed by atoms with E-state index in [4.69, 9.17) is 11.6 Å².